The van der Waals surface area contributed by atoms with Gasteiger partial charge >= 0.3 is 16.3 Å². The van der Waals surface area contributed by atoms with E-state index in [9.17, 15) is 21.6 Å². The van der Waals surface area contributed by atoms with Gasteiger partial charge in [0.15, 0.2) is 5.71 Å². The van der Waals surface area contributed by atoms with E-state index in [1.165, 1.54) is 12.1 Å². The molecule has 4 nitrogen and oxygen atoms in total. The van der Waals surface area contributed by atoms with E-state index in [1.54, 1.807) is 12.1 Å². The zero-order valence-corrected chi connectivity index (χ0v) is 15.7. The van der Waals surface area contributed by atoms with Crippen LogP contribution in [0.25, 0.3) is 0 Å². The maximum Gasteiger partial charge on any atom is 0.437 e. The molecule has 1 atom stereocenters. The Labute approximate surface area is 152 Å². The van der Waals surface area contributed by atoms with Crippen LogP contribution in [0.15, 0.2) is 29.4 Å². The normalized spacial score (nSPS) is 18.6. The Morgan fingerprint density at radius 3 is 2.27 bits per heavy atom. The summed E-state index contributed by atoms with van der Waals surface area (Å²) in [4.78, 5) is 0. The summed E-state index contributed by atoms with van der Waals surface area (Å²) >= 11 is 0. The van der Waals surface area contributed by atoms with Gasteiger partial charge in [0.2, 0.25) is 0 Å². The molecular formula is C18H24F3NO3S. The third-order valence-corrected chi connectivity index (χ3v) is 6.40. The highest BCUT2D eigenvalue weighted by Crippen LogP contribution is 2.28. The van der Waals surface area contributed by atoms with Gasteiger partial charge in [-0.1, -0.05) is 62.5 Å². The number of oxime groups is 1. The van der Waals surface area contributed by atoms with Crippen molar-refractivity contribution in [3.63, 3.8) is 0 Å². The quantitative estimate of drug-likeness (QED) is 0.498. The van der Waals surface area contributed by atoms with Crippen molar-refractivity contribution >= 4 is 15.8 Å². The van der Waals surface area contributed by atoms with Crippen molar-refractivity contribution in [1.29, 1.82) is 0 Å². The molecule has 0 aliphatic heterocycles. The molecule has 146 valence electrons. The Morgan fingerprint density at radius 2 is 1.77 bits per heavy atom. The molecule has 1 aromatic rings. The summed E-state index contributed by atoms with van der Waals surface area (Å²) in [7, 11) is -4.16. The number of benzene rings is 1. The number of halogens is 3. The van der Waals surface area contributed by atoms with E-state index < -0.39 is 27.3 Å². The number of alkyl halides is 3. The fourth-order valence-corrected chi connectivity index (χ4v) is 4.19. The van der Waals surface area contributed by atoms with Crippen LogP contribution in [0, 0.1) is 0 Å². The van der Waals surface area contributed by atoms with E-state index in [2.05, 4.69) is 9.44 Å². The second kappa shape index (κ2) is 8.41. The van der Waals surface area contributed by atoms with Crippen LogP contribution in [-0.2, 0) is 14.4 Å². The average Bonchev–Trinajstić information content (AvgIpc) is 2.61. The van der Waals surface area contributed by atoms with Gasteiger partial charge in [-0.3, -0.25) is 4.28 Å². The summed E-state index contributed by atoms with van der Waals surface area (Å²) in [5.74, 6) is 0.221. The molecule has 0 heterocycles. The number of nitrogens with zero attached hydrogens (tertiary/aromatic N) is 1. The maximum atomic E-state index is 13.3. The minimum atomic E-state index is -4.82. The van der Waals surface area contributed by atoms with Crippen molar-refractivity contribution < 1.29 is 25.9 Å². The molecule has 0 saturated heterocycles. The molecule has 1 aliphatic carbocycles. The summed E-state index contributed by atoms with van der Waals surface area (Å²) in [6.45, 7) is 3.97. The predicted molar refractivity (Wildman–Crippen MR) is 94.6 cm³/mol. The monoisotopic (exact) mass is 391 g/mol. The first kappa shape index (κ1) is 20.7. The predicted octanol–water partition coefficient (Wildman–Crippen LogP) is 5.15. The first-order valence-electron chi connectivity index (χ1n) is 8.83. The molecule has 1 fully saturated rings. The van der Waals surface area contributed by atoms with E-state index in [0.29, 0.717) is 12.8 Å². The zero-order chi connectivity index (χ0) is 19.4. The van der Waals surface area contributed by atoms with Crippen molar-refractivity contribution in [1.82, 2.24) is 0 Å². The van der Waals surface area contributed by atoms with Crippen LogP contribution in [0.1, 0.15) is 69.4 Å². The molecule has 1 unspecified atom stereocenters. The van der Waals surface area contributed by atoms with E-state index in [4.69, 9.17) is 0 Å². The summed E-state index contributed by atoms with van der Waals surface area (Å²) in [5, 5.41) is 2.22. The maximum absolute atomic E-state index is 13.3. The van der Waals surface area contributed by atoms with Gasteiger partial charge < -0.3 is 0 Å². The Bertz CT molecular complexity index is 721. The van der Waals surface area contributed by atoms with E-state index in [1.807, 2.05) is 13.8 Å². The Kier molecular flexibility index (Phi) is 6.71. The molecule has 2 rings (SSSR count). The van der Waals surface area contributed by atoms with Gasteiger partial charge in [-0.15, -0.1) is 0 Å². The molecule has 8 heteroatoms. The Balaban J connectivity index is 2.25. The van der Waals surface area contributed by atoms with E-state index in [-0.39, 0.29) is 11.5 Å². The Hall–Kier alpha value is -1.57. The largest absolute Gasteiger partial charge is 0.437 e. The van der Waals surface area contributed by atoms with Crippen molar-refractivity contribution in [3.05, 3.63) is 35.4 Å². The number of rotatable bonds is 6. The smallest absolute Gasteiger partial charge is 0.268 e. The van der Waals surface area contributed by atoms with E-state index >= 15 is 0 Å². The van der Waals surface area contributed by atoms with Crippen molar-refractivity contribution in [3.8, 4) is 0 Å². The summed E-state index contributed by atoms with van der Waals surface area (Å²) in [6, 6.07) is 5.79. The van der Waals surface area contributed by atoms with Crippen molar-refractivity contribution in [2.24, 2.45) is 5.16 Å². The molecule has 0 spiro atoms. The molecule has 0 radical (unpaired) electrons. The molecule has 0 amide bonds. The van der Waals surface area contributed by atoms with E-state index in [0.717, 1.165) is 31.2 Å². The molecule has 0 bridgehead atoms. The van der Waals surface area contributed by atoms with Gasteiger partial charge in [0.25, 0.3) is 0 Å². The third kappa shape index (κ3) is 5.22. The lowest BCUT2D eigenvalue weighted by molar-refractivity contribution is -0.0597. The lowest BCUT2D eigenvalue weighted by atomic mass is 9.97. The highest BCUT2D eigenvalue weighted by Gasteiger charge is 2.39. The standard InChI is InChI=1S/C18H24F3NO3S/c1-3-13(2)14-9-11-15(12-10-14)17(18(19,20)21)22-25-26(23,24)16-7-5-4-6-8-16/h9-13,16H,3-8H2,1-2H3/b22-17+. The first-order chi connectivity index (χ1) is 12.1. The highest BCUT2D eigenvalue weighted by atomic mass is 32.2. The lowest BCUT2D eigenvalue weighted by Gasteiger charge is -2.20. The minimum Gasteiger partial charge on any atom is -0.268 e. The molecule has 1 saturated carbocycles. The van der Waals surface area contributed by atoms with Crippen LogP contribution in [0.5, 0.6) is 0 Å². The Morgan fingerprint density at radius 1 is 1.19 bits per heavy atom. The minimum absolute atomic E-state index is 0.219. The lowest BCUT2D eigenvalue weighted by Crippen LogP contribution is -2.28. The summed E-state index contributed by atoms with van der Waals surface area (Å²) in [6.07, 6.45) is -0.806. The SMILES string of the molecule is CCC(C)c1ccc(/C(=N\OS(=O)(=O)C2CCCCC2)C(F)(F)F)cc1. The second-order valence-corrected chi connectivity index (χ2v) is 8.50. The van der Waals surface area contributed by atoms with Crippen LogP contribution in [0.3, 0.4) is 0 Å². The fourth-order valence-electron chi connectivity index (χ4n) is 2.98. The van der Waals surface area contributed by atoms with Crippen molar-refractivity contribution in [2.75, 3.05) is 0 Å². The van der Waals surface area contributed by atoms with Gasteiger partial charge in [-0.25, -0.2) is 0 Å². The summed E-state index contributed by atoms with van der Waals surface area (Å²) < 4.78 is 68.7. The van der Waals surface area contributed by atoms with Gasteiger partial charge in [0.1, 0.15) is 0 Å². The number of hydrogen-bond acceptors (Lipinski definition) is 4. The highest BCUT2D eigenvalue weighted by molar-refractivity contribution is 7.87. The summed E-state index contributed by atoms with van der Waals surface area (Å²) in [5.41, 5.74) is -0.649. The van der Waals surface area contributed by atoms with Crippen LogP contribution in [-0.4, -0.2) is 25.6 Å². The van der Waals surface area contributed by atoms with Crippen LogP contribution < -0.4 is 0 Å². The topological polar surface area (TPSA) is 55.7 Å². The second-order valence-electron chi connectivity index (χ2n) is 6.70. The molecule has 0 aromatic heterocycles. The number of hydrogen-bond donors (Lipinski definition) is 0. The van der Waals surface area contributed by atoms with Crippen LogP contribution in [0.2, 0.25) is 0 Å². The fraction of sp³-hybridized carbons (Fsp3) is 0.611. The van der Waals surface area contributed by atoms with Gasteiger partial charge in [0.05, 0.1) is 5.25 Å². The average molecular weight is 391 g/mol. The van der Waals surface area contributed by atoms with Gasteiger partial charge in [-0.05, 0) is 30.7 Å². The molecule has 1 aliphatic rings. The zero-order valence-electron chi connectivity index (χ0n) is 14.9. The molecule has 26 heavy (non-hydrogen) atoms. The molecular weight excluding hydrogens is 367 g/mol. The van der Waals surface area contributed by atoms with Crippen LogP contribution >= 0.6 is 0 Å². The van der Waals surface area contributed by atoms with Gasteiger partial charge in [-0.2, -0.15) is 21.6 Å². The van der Waals surface area contributed by atoms with Crippen LogP contribution in [0.4, 0.5) is 13.2 Å². The molecule has 0 N–H and O–H groups in total. The first-order valence-corrected chi connectivity index (χ1v) is 10.3. The molecule has 1 aromatic carbocycles. The van der Waals surface area contributed by atoms with Gasteiger partial charge in [0, 0.05) is 5.56 Å². The third-order valence-electron chi connectivity index (χ3n) is 4.83. The van der Waals surface area contributed by atoms with Crippen molar-refractivity contribution in [2.45, 2.75) is 69.7 Å².